The molecule has 0 amide bonds. The molecule has 1 aromatic heterocycles. The number of aromatic amines is 1. The van der Waals surface area contributed by atoms with E-state index >= 15 is 0 Å². The van der Waals surface area contributed by atoms with Crippen LogP contribution in [0, 0.1) is 0 Å². The van der Waals surface area contributed by atoms with Crippen molar-refractivity contribution in [2.24, 2.45) is 0 Å². The monoisotopic (exact) mass is 259 g/mol. The summed E-state index contributed by atoms with van der Waals surface area (Å²) < 4.78 is 5.79. The fourth-order valence-corrected chi connectivity index (χ4v) is 1.98. The zero-order chi connectivity index (χ0) is 12.5. The van der Waals surface area contributed by atoms with Crippen molar-refractivity contribution in [1.29, 1.82) is 0 Å². The molecule has 0 aliphatic rings. The summed E-state index contributed by atoms with van der Waals surface area (Å²) in [6.45, 7) is 0. The number of fused-ring (bicyclic) bond motifs is 1. The van der Waals surface area contributed by atoms with Gasteiger partial charge in [-0.05, 0) is 30.3 Å². The van der Waals surface area contributed by atoms with Gasteiger partial charge in [0.1, 0.15) is 11.5 Å². The van der Waals surface area contributed by atoms with E-state index in [0.29, 0.717) is 22.2 Å². The van der Waals surface area contributed by atoms with Crippen molar-refractivity contribution >= 4 is 28.2 Å². The van der Waals surface area contributed by atoms with Gasteiger partial charge < -0.3 is 10.5 Å². The third-order valence-electron chi connectivity index (χ3n) is 2.62. The standard InChI is InChI=1S/C13H10ClN3O/c14-10-6-8(15)4-5-13(10)18-12-3-1-2-11-9(12)7-16-17-11/h1-7H,15H2,(H,16,17). The molecule has 0 aliphatic carbocycles. The van der Waals surface area contributed by atoms with Crippen molar-refractivity contribution in [3.05, 3.63) is 47.6 Å². The summed E-state index contributed by atoms with van der Waals surface area (Å²) in [6.07, 6.45) is 1.72. The Bertz CT molecular complexity index is 708. The number of halogens is 1. The predicted molar refractivity (Wildman–Crippen MR) is 72.0 cm³/mol. The Morgan fingerprint density at radius 3 is 2.89 bits per heavy atom. The molecule has 0 spiro atoms. The van der Waals surface area contributed by atoms with Crippen molar-refractivity contribution in [3.63, 3.8) is 0 Å². The molecular weight excluding hydrogens is 250 g/mol. The van der Waals surface area contributed by atoms with Crippen LogP contribution in [0.2, 0.25) is 5.02 Å². The van der Waals surface area contributed by atoms with Gasteiger partial charge in [0, 0.05) is 5.69 Å². The van der Waals surface area contributed by atoms with E-state index < -0.39 is 0 Å². The first-order chi connectivity index (χ1) is 8.74. The molecule has 0 bridgehead atoms. The molecule has 0 radical (unpaired) electrons. The van der Waals surface area contributed by atoms with Crippen molar-refractivity contribution in [1.82, 2.24) is 10.2 Å². The third kappa shape index (κ3) is 1.87. The van der Waals surface area contributed by atoms with Gasteiger partial charge in [0.25, 0.3) is 0 Å². The van der Waals surface area contributed by atoms with Gasteiger partial charge in [-0.15, -0.1) is 0 Å². The molecule has 4 nitrogen and oxygen atoms in total. The number of anilines is 1. The van der Waals surface area contributed by atoms with Gasteiger partial charge in [0.05, 0.1) is 22.1 Å². The highest BCUT2D eigenvalue weighted by atomic mass is 35.5. The predicted octanol–water partition coefficient (Wildman–Crippen LogP) is 3.59. The van der Waals surface area contributed by atoms with Gasteiger partial charge in [-0.25, -0.2) is 0 Å². The van der Waals surface area contributed by atoms with Crippen LogP contribution in [0.1, 0.15) is 0 Å². The Hall–Kier alpha value is -2.20. The Kier molecular flexibility index (Phi) is 2.57. The summed E-state index contributed by atoms with van der Waals surface area (Å²) in [6, 6.07) is 10.8. The minimum Gasteiger partial charge on any atom is -0.455 e. The molecule has 0 saturated carbocycles. The number of ether oxygens (including phenoxy) is 1. The summed E-state index contributed by atoms with van der Waals surface area (Å²) in [7, 11) is 0. The quantitative estimate of drug-likeness (QED) is 0.691. The van der Waals surface area contributed by atoms with Crippen LogP contribution in [-0.2, 0) is 0 Å². The highest BCUT2D eigenvalue weighted by Gasteiger charge is 2.07. The minimum absolute atomic E-state index is 0.482. The van der Waals surface area contributed by atoms with Gasteiger partial charge in [-0.3, -0.25) is 5.10 Å². The van der Waals surface area contributed by atoms with E-state index in [2.05, 4.69) is 10.2 Å². The van der Waals surface area contributed by atoms with Gasteiger partial charge >= 0.3 is 0 Å². The molecule has 90 valence electrons. The molecule has 0 atom stereocenters. The minimum atomic E-state index is 0.482. The molecular formula is C13H10ClN3O. The number of nitrogens with zero attached hydrogens (tertiary/aromatic N) is 1. The zero-order valence-electron chi connectivity index (χ0n) is 9.35. The average Bonchev–Trinajstić information content (AvgIpc) is 2.82. The summed E-state index contributed by atoms with van der Waals surface area (Å²) in [5.74, 6) is 1.27. The maximum Gasteiger partial charge on any atom is 0.146 e. The molecule has 18 heavy (non-hydrogen) atoms. The molecule has 5 heteroatoms. The SMILES string of the molecule is Nc1ccc(Oc2cccc3[nH]ncc23)c(Cl)c1. The van der Waals surface area contributed by atoms with Crippen molar-refractivity contribution in [3.8, 4) is 11.5 Å². The summed E-state index contributed by atoms with van der Waals surface area (Å²) in [5, 5.41) is 8.26. The lowest BCUT2D eigenvalue weighted by atomic mass is 10.2. The van der Waals surface area contributed by atoms with E-state index in [1.165, 1.54) is 0 Å². The van der Waals surface area contributed by atoms with E-state index in [4.69, 9.17) is 22.1 Å². The van der Waals surface area contributed by atoms with Crippen molar-refractivity contribution < 1.29 is 4.74 Å². The van der Waals surface area contributed by atoms with Crippen LogP contribution in [0.5, 0.6) is 11.5 Å². The van der Waals surface area contributed by atoms with E-state index in [0.717, 1.165) is 10.9 Å². The van der Waals surface area contributed by atoms with Gasteiger partial charge in [-0.1, -0.05) is 17.7 Å². The Balaban J connectivity index is 2.03. The van der Waals surface area contributed by atoms with Crippen LogP contribution >= 0.6 is 11.6 Å². The second-order valence-corrected chi connectivity index (χ2v) is 4.29. The topological polar surface area (TPSA) is 63.9 Å². The molecule has 3 N–H and O–H groups in total. The average molecular weight is 260 g/mol. The number of nitrogens with two attached hydrogens (primary N) is 1. The van der Waals surface area contributed by atoms with Crippen LogP contribution in [-0.4, -0.2) is 10.2 Å². The van der Waals surface area contributed by atoms with E-state index in [1.54, 1.807) is 24.4 Å². The molecule has 0 saturated heterocycles. The molecule has 3 aromatic rings. The fourth-order valence-electron chi connectivity index (χ4n) is 1.75. The number of H-pyrrole nitrogens is 1. The fraction of sp³-hybridized carbons (Fsp3) is 0. The van der Waals surface area contributed by atoms with Crippen LogP contribution in [0.15, 0.2) is 42.6 Å². The summed E-state index contributed by atoms with van der Waals surface area (Å²) in [5.41, 5.74) is 7.16. The highest BCUT2D eigenvalue weighted by Crippen LogP contribution is 2.33. The van der Waals surface area contributed by atoms with E-state index in [9.17, 15) is 0 Å². The first-order valence-corrected chi connectivity index (χ1v) is 5.77. The number of nitrogens with one attached hydrogen (secondary N) is 1. The summed E-state index contributed by atoms with van der Waals surface area (Å²) in [4.78, 5) is 0. The van der Waals surface area contributed by atoms with Crippen LogP contribution < -0.4 is 10.5 Å². The molecule has 0 fully saturated rings. The second-order valence-electron chi connectivity index (χ2n) is 3.88. The third-order valence-corrected chi connectivity index (χ3v) is 2.92. The zero-order valence-corrected chi connectivity index (χ0v) is 10.1. The van der Waals surface area contributed by atoms with Crippen molar-refractivity contribution in [2.45, 2.75) is 0 Å². The van der Waals surface area contributed by atoms with Gasteiger partial charge in [-0.2, -0.15) is 5.10 Å². The first-order valence-electron chi connectivity index (χ1n) is 5.39. The molecule has 1 heterocycles. The Morgan fingerprint density at radius 1 is 1.17 bits per heavy atom. The molecule has 2 aromatic carbocycles. The number of hydrogen-bond donors (Lipinski definition) is 2. The number of rotatable bonds is 2. The number of hydrogen-bond acceptors (Lipinski definition) is 3. The van der Waals surface area contributed by atoms with Crippen molar-refractivity contribution in [2.75, 3.05) is 5.73 Å². The number of nitrogen functional groups attached to an aromatic ring is 1. The summed E-state index contributed by atoms with van der Waals surface area (Å²) >= 11 is 6.08. The van der Waals surface area contributed by atoms with Gasteiger partial charge in [0.15, 0.2) is 0 Å². The van der Waals surface area contributed by atoms with Crippen LogP contribution in [0.4, 0.5) is 5.69 Å². The van der Waals surface area contributed by atoms with E-state index in [1.807, 2.05) is 18.2 Å². The largest absolute Gasteiger partial charge is 0.455 e. The number of aromatic nitrogens is 2. The Labute approximate surface area is 108 Å². The number of benzene rings is 2. The molecule has 0 unspecified atom stereocenters. The van der Waals surface area contributed by atoms with Crippen LogP contribution in [0.3, 0.4) is 0 Å². The lowest BCUT2D eigenvalue weighted by Crippen LogP contribution is -1.88. The van der Waals surface area contributed by atoms with Gasteiger partial charge in [0.2, 0.25) is 0 Å². The maximum atomic E-state index is 6.08. The normalized spacial score (nSPS) is 10.7. The molecule has 0 aliphatic heterocycles. The smallest absolute Gasteiger partial charge is 0.146 e. The van der Waals surface area contributed by atoms with Crippen LogP contribution in [0.25, 0.3) is 10.9 Å². The van der Waals surface area contributed by atoms with E-state index in [-0.39, 0.29) is 0 Å². The highest BCUT2D eigenvalue weighted by molar-refractivity contribution is 6.32. The second kappa shape index (κ2) is 4.23. The lowest BCUT2D eigenvalue weighted by molar-refractivity contribution is 0.488. The lowest BCUT2D eigenvalue weighted by Gasteiger charge is -2.08. The first kappa shape index (κ1) is 10.9. The maximum absolute atomic E-state index is 6.08. The molecule has 3 rings (SSSR count). The Morgan fingerprint density at radius 2 is 2.06 bits per heavy atom.